The van der Waals surface area contributed by atoms with Gasteiger partial charge in [-0.15, -0.1) is 0 Å². The second kappa shape index (κ2) is 3.72. The molecular weight excluding hydrogens is 239 g/mol. The summed E-state index contributed by atoms with van der Waals surface area (Å²) < 4.78 is 0. The summed E-state index contributed by atoms with van der Waals surface area (Å²) in [5.41, 5.74) is 1.17. The molecule has 4 nitrogen and oxygen atoms in total. The fourth-order valence-electron chi connectivity index (χ4n) is 1.44. The summed E-state index contributed by atoms with van der Waals surface area (Å²) in [7, 11) is 0. The molecule has 2 rings (SSSR count). The van der Waals surface area contributed by atoms with Crippen LogP contribution in [-0.4, -0.2) is 21.3 Å². The second-order valence-corrected chi connectivity index (χ2v) is 3.80. The minimum absolute atomic E-state index is 0.171. The number of H-pyrrole nitrogens is 1. The van der Waals surface area contributed by atoms with E-state index in [1.807, 2.05) is 0 Å². The molecule has 1 aromatic heterocycles. The maximum atomic E-state index is 10.7. The zero-order chi connectivity index (χ0) is 11.0. The molecule has 2 N–H and O–H groups in total. The molecule has 15 heavy (non-hydrogen) atoms. The Labute approximate surface area is 94.8 Å². The Bertz CT molecular complexity index is 536. The number of aromatic nitrogens is 2. The van der Waals surface area contributed by atoms with Crippen LogP contribution in [0.4, 0.5) is 0 Å². The Morgan fingerprint density at radius 1 is 1.47 bits per heavy atom. The molecule has 1 aromatic carbocycles. The van der Waals surface area contributed by atoms with Crippen molar-refractivity contribution in [2.24, 2.45) is 0 Å². The predicted molar refractivity (Wildman–Crippen MR) is 57.5 cm³/mol. The fraction of sp³-hybridized carbons (Fsp3) is 0.111. The number of carboxylic acids is 1. The first-order valence-electron chi connectivity index (χ1n) is 4.12. The third kappa shape index (κ3) is 1.78. The van der Waals surface area contributed by atoms with Crippen LogP contribution in [-0.2, 0) is 11.2 Å². The van der Waals surface area contributed by atoms with E-state index in [1.165, 1.54) is 0 Å². The van der Waals surface area contributed by atoms with Gasteiger partial charge in [0.25, 0.3) is 0 Å². The van der Waals surface area contributed by atoms with Crippen molar-refractivity contribution >= 4 is 40.1 Å². The quantitative estimate of drug-likeness (QED) is 0.854. The van der Waals surface area contributed by atoms with Crippen molar-refractivity contribution in [3.05, 3.63) is 27.9 Å². The average Bonchev–Trinajstić information content (AvgIpc) is 2.52. The van der Waals surface area contributed by atoms with Gasteiger partial charge >= 0.3 is 5.97 Å². The molecule has 78 valence electrons. The molecule has 1 heterocycles. The number of hydrogen-bond donors (Lipinski definition) is 2. The third-order valence-electron chi connectivity index (χ3n) is 2.06. The Balaban J connectivity index is 2.72. The monoisotopic (exact) mass is 244 g/mol. The van der Waals surface area contributed by atoms with E-state index in [0.29, 0.717) is 21.5 Å². The molecule has 0 saturated carbocycles. The molecule has 0 radical (unpaired) electrons. The number of rotatable bonds is 2. The van der Waals surface area contributed by atoms with Crippen molar-refractivity contribution in [2.75, 3.05) is 0 Å². The van der Waals surface area contributed by atoms with Gasteiger partial charge in [-0.05, 0) is 17.7 Å². The highest BCUT2D eigenvalue weighted by atomic mass is 35.5. The summed E-state index contributed by atoms with van der Waals surface area (Å²) in [6.07, 6.45) is -0.171. The minimum Gasteiger partial charge on any atom is -0.481 e. The number of nitrogens with one attached hydrogen (secondary N) is 1. The Morgan fingerprint density at radius 3 is 2.87 bits per heavy atom. The fourth-order valence-corrected chi connectivity index (χ4v) is 1.92. The number of fused-ring (bicyclic) bond motifs is 1. The maximum absolute atomic E-state index is 10.7. The summed E-state index contributed by atoms with van der Waals surface area (Å²) in [6, 6.07) is 3.33. The highest BCUT2D eigenvalue weighted by molar-refractivity contribution is 6.37. The van der Waals surface area contributed by atoms with Crippen LogP contribution in [0.2, 0.25) is 10.2 Å². The van der Waals surface area contributed by atoms with E-state index in [2.05, 4.69) is 10.2 Å². The van der Waals surface area contributed by atoms with Gasteiger partial charge in [0.15, 0.2) is 5.15 Å². The van der Waals surface area contributed by atoms with Crippen LogP contribution in [0.1, 0.15) is 5.56 Å². The molecule has 0 aliphatic heterocycles. The van der Waals surface area contributed by atoms with Gasteiger partial charge in [-0.3, -0.25) is 9.89 Å². The Hall–Kier alpha value is -1.26. The molecule has 0 aliphatic carbocycles. The van der Waals surface area contributed by atoms with Crippen molar-refractivity contribution in [2.45, 2.75) is 6.42 Å². The molecule has 2 aromatic rings. The van der Waals surface area contributed by atoms with Crippen molar-refractivity contribution < 1.29 is 9.90 Å². The van der Waals surface area contributed by atoms with Crippen LogP contribution < -0.4 is 0 Å². The van der Waals surface area contributed by atoms with Gasteiger partial charge in [0.2, 0.25) is 0 Å². The van der Waals surface area contributed by atoms with E-state index in [0.717, 1.165) is 0 Å². The molecule has 6 heteroatoms. The van der Waals surface area contributed by atoms with Gasteiger partial charge in [-0.1, -0.05) is 23.2 Å². The number of carbonyl (C=O) groups is 1. The molecule has 0 unspecified atom stereocenters. The smallest absolute Gasteiger partial charge is 0.307 e. The normalized spacial score (nSPS) is 10.8. The zero-order valence-corrected chi connectivity index (χ0v) is 8.93. The predicted octanol–water partition coefficient (Wildman–Crippen LogP) is 2.50. The summed E-state index contributed by atoms with van der Waals surface area (Å²) in [6.45, 7) is 0. The van der Waals surface area contributed by atoms with E-state index < -0.39 is 5.97 Å². The summed E-state index contributed by atoms with van der Waals surface area (Å²) in [5.74, 6) is -0.957. The van der Waals surface area contributed by atoms with E-state index in [9.17, 15) is 4.79 Å². The number of aromatic amines is 1. The first-order valence-corrected chi connectivity index (χ1v) is 4.88. The van der Waals surface area contributed by atoms with E-state index >= 15 is 0 Å². The number of benzene rings is 1. The largest absolute Gasteiger partial charge is 0.481 e. The molecule has 0 atom stereocenters. The van der Waals surface area contributed by atoms with Crippen molar-refractivity contribution in [1.29, 1.82) is 0 Å². The van der Waals surface area contributed by atoms with Crippen LogP contribution in [0.15, 0.2) is 12.1 Å². The van der Waals surface area contributed by atoms with Crippen LogP contribution in [0.25, 0.3) is 10.9 Å². The topological polar surface area (TPSA) is 66.0 Å². The molecule has 0 amide bonds. The lowest BCUT2D eigenvalue weighted by molar-refractivity contribution is -0.136. The number of aliphatic carboxylic acids is 1. The molecule has 0 saturated heterocycles. The molecule has 0 aliphatic rings. The molecule has 0 fully saturated rings. The van der Waals surface area contributed by atoms with E-state index in [1.54, 1.807) is 12.1 Å². The van der Waals surface area contributed by atoms with Crippen molar-refractivity contribution in [3.8, 4) is 0 Å². The van der Waals surface area contributed by atoms with Gasteiger partial charge < -0.3 is 5.11 Å². The van der Waals surface area contributed by atoms with Crippen LogP contribution in [0.3, 0.4) is 0 Å². The Morgan fingerprint density at radius 2 is 2.20 bits per heavy atom. The second-order valence-electron chi connectivity index (χ2n) is 3.03. The number of carboxylic acid groups (broad SMARTS) is 1. The van der Waals surface area contributed by atoms with Gasteiger partial charge in [-0.2, -0.15) is 5.10 Å². The first-order chi connectivity index (χ1) is 7.09. The van der Waals surface area contributed by atoms with Crippen LogP contribution in [0.5, 0.6) is 0 Å². The highest BCUT2D eigenvalue weighted by Gasteiger charge is 2.14. The molecule has 0 spiro atoms. The van der Waals surface area contributed by atoms with Gasteiger partial charge in [0, 0.05) is 10.4 Å². The zero-order valence-electron chi connectivity index (χ0n) is 7.42. The van der Waals surface area contributed by atoms with Gasteiger partial charge in [-0.25, -0.2) is 0 Å². The van der Waals surface area contributed by atoms with Crippen LogP contribution >= 0.6 is 23.2 Å². The summed E-state index contributed by atoms with van der Waals surface area (Å²) in [4.78, 5) is 10.7. The van der Waals surface area contributed by atoms with Crippen molar-refractivity contribution in [3.63, 3.8) is 0 Å². The number of halogens is 2. The lowest BCUT2D eigenvalue weighted by Gasteiger charge is -2.02. The average molecular weight is 245 g/mol. The third-order valence-corrected chi connectivity index (χ3v) is 2.69. The van der Waals surface area contributed by atoms with Crippen LogP contribution in [0, 0.1) is 0 Å². The van der Waals surface area contributed by atoms with Gasteiger partial charge in [0.1, 0.15) is 0 Å². The van der Waals surface area contributed by atoms with E-state index in [-0.39, 0.29) is 11.6 Å². The van der Waals surface area contributed by atoms with E-state index in [4.69, 9.17) is 28.3 Å². The van der Waals surface area contributed by atoms with Crippen molar-refractivity contribution in [1.82, 2.24) is 10.2 Å². The summed E-state index contributed by atoms with van der Waals surface area (Å²) >= 11 is 11.8. The summed E-state index contributed by atoms with van der Waals surface area (Å²) in [5, 5.41) is 16.4. The lowest BCUT2D eigenvalue weighted by atomic mass is 10.1. The maximum Gasteiger partial charge on any atom is 0.307 e. The number of hydrogen-bond acceptors (Lipinski definition) is 2. The minimum atomic E-state index is -0.957. The highest BCUT2D eigenvalue weighted by Crippen LogP contribution is 2.30. The SMILES string of the molecule is O=C(O)Cc1c(Cl)ccc2[nH]nc(Cl)c12. The molecule has 0 bridgehead atoms. The van der Waals surface area contributed by atoms with Gasteiger partial charge in [0.05, 0.1) is 11.9 Å². The Kier molecular flexibility index (Phi) is 2.54. The first kappa shape index (κ1) is 10.3. The number of nitrogens with zero attached hydrogens (tertiary/aromatic N) is 1. The molecular formula is C9H6Cl2N2O2. The standard InChI is InChI=1S/C9H6Cl2N2O2/c10-5-1-2-6-8(9(11)13-12-6)4(5)3-7(14)15/h1-2H,3H2,(H,12,13)(H,14,15). The lowest BCUT2D eigenvalue weighted by Crippen LogP contribution is -2.01.